The fourth-order valence-corrected chi connectivity index (χ4v) is 4.35. The number of nitrogens with one attached hydrogen (secondary N) is 1. The summed E-state index contributed by atoms with van der Waals surface area (Å²) in [6, 6.07) is 15.2. The fourth-order valence-electron chi connectivity index (χ4n) is 3.29. The number of hydrogen-bond acceptors (Lipinski definition) is 4. The molecule has 0 aliphatic carbocycles. The standard InChI is InChI=1S/C21H26N4O4S/c1-23(2)30(28,29)25(17-10-4-3-5-11-17)16-20(26)22-19-13-7-6-12-18(19)21(27)24-14-8-9-15-24/h3-7,10-13H,8-9,14-16H2,1-2H3,(H,22,26). The van der Waals surface area contributed by atoms with Gasteiger partial charge in [0.1, 0.15) is 6.54 Å². The first-order valence-electron chi connectivity index (χ1n) is 9.74. The highest BCUT2D eigenvalue weighted by molar-refractivity contribution is 7.90. The molecule has 0 saturated carbocycles. The Balaban J connectivity index is 1.82. The van der Waals surface area contributed by atoms with Crippen LogP contribution >= 0.6 is 0 Å². The van der Waals surface area contributed by atoms with Crippen LogP contribution in [-0.4, -0.2) is 63.2 Å². The zero-order chi connectivity index (χ0) is 21.7. The van der Waals surface area contributed by atoms with Gasteiger partial charge in [-0.3, -0.25) is 9.59 Å². The number of para-hydroxylation sites is 2. The topological polar surface area (TPSA) is 90.0 Å². The number of carbonyl (C=O) groups is 2. The second-order valence-corrected chi connectivity index (χ2v) is 9.29. The van der Waals surface area contributed by atoms with Crippen molar-refractivity contribution < 1.29 is 18.0 Å². The van der Waals surface area contributed by atoms with E-state index in [1.807, 2.05) is 0 Å². The molecule has 1 saturated heterocycles. The van der Waals surface area contributed by atoms with Crippen molar-refractivity contribution in [2.45, 2.75) is 12.8 Å². The molecule has 3 rings (SSSR count). The summed E-state index contributed by atoms with van der Waals surface area (Å²) in [5.74, 6) is -0.671. The van der Waals surface area contributed by atoms with Gasteiger partial charge >= 0.3 is 10.2 Å². The second-order valence-electron chi connectivity index (χ2n) is 7.23. The predicted octanol–water partition coefficient (Wildman–Crippen LogP) is 2.17. The minimum atomic E-state index is -3.89. The van der Waals surface area contributed by atoms with Crippen molar-refractivity contribution in [3.8, 4) is 0 Å². The lowest BCUT2D eigenvalue weighted by atomic mass is 10.1. The molecule has 2 aromatic rings. The van der Waals surface area contributed by atoms with E-state index in [0.717, 1.165) is 21.5 Å². The third-order valence-electron chi connectivity index (χ3n) is 4.90. The van der Waals surface area contributed by atoms with Crippen LogP contribution in [0, 0.1) is 0 Å². The van der Waals surface area contributed by atoms with Gasteiger partial charge in [0, 0.05) is 27.2 Å². The molecule has 1 fully saturated rings. The fraction of sp³-hybridized carbons (Fsp3) is 0.333. The number of rotatable bonds is 7. The van der Waals surface area contributed by atoms with E-state index in [-0.39, 0.29) is 5.91 Å². The van der Waals surface area contributed by atoms with Crippen LogP contribution < -0.4 is 9.62 Å². The van der Waals surface area contributed by atoms with E-state index < -0.39 is 22.7 Å². The Morgan fingerprint density at radius 3 is 2.20 bits per heavy atom. The lowest BCUT2D eigenvalue weighted by Gasteiger charge is -2.27. The summed E-state index contributed by atoms with van der Waals surface area (Å²) < 4.78 is 27.6. The summed E-state index contributed by atoms with van der Waals surface area (Å²) in [7, 11) is -1.07. The molecule has 8 nitrogen and oxygen atoms in total. The molecular weight excluding hydrogens is 404 g/mol. The van der Waals surface area contributed by atoms with Gasteiger partial charge < -0.3 is 10.2 Å². The van der Waals surface area contributed by atoms with Crippen molar-refractivity contribution in [1.82, 2.24) is 9.21 Å². The van der Waals surface area contributed by atoms with E-state index in [1.54, 1.807) is 59.5 Å². The van der Waals surface area contributed by atoms with Crippen molar-refractivity contribution in [3.63, 3.8) is 0 Å². The maximum absolute atomic E-state index is 12.8. The molecule has 2 amide bonds. The Bertz CT molecular complexity index is 1000. The van der Waals surface area contributed by atoms with E-state index in [1.165, 1.54) is 14.1 Å². The molecule has 1 aliphatic rings. The normalized spacial score (nSPS) is 14.0. The SMILES string of the molecule is CN(C)S(=O)(=O)N(CC(=O)Nc1ccccc1C(=O)N1CCCC1)c1ccccc1. The zero-order valence-corrected chi connectivity index (χ0v) is 17.9. The van der Waals surface area contributed by atoms with Gasteiger partial charge in [-0.15, -0.1) is 0 Å². The van der Waals surface area contributed by atoms with Gasteiger partial charge in [-0.25, -0.2) is 4.31 Å². The van der Waals surface area contributed by atoms with E-state index in [9.17, 15) is 18.0 Å². The highest BCUT2D eigenvalue weighted by Gasteiger charge is 2.28. The molecule has 1 N–H and O–H groups in total. The van der Waals surface area contributed by atoms with Gasteiger partial charge in [0.15, 0.2) is 0 Å². The van der Waals surface area contributed by atoms with Crippen molar-refractivity contribution in [3.05, 3.63) is 60.2 Å². The van der Waals surface area contributed by atoms with E-state index >= 15 is 0 Å². The number of benzene rings is 2. The third-order valence-corrected chi connectivity index (χ3v) is 6.72. The van der Waals surface area contributed by atoms with Crippen molar-refractivity contribution in [1.29, 1.82) is 0 Å². The van der Waals surface area contributed by atoms with Crippen LogP contribution in [0.15, 0.2) is 54.6 Å². The Kier molecular flexibility index (Phi) is 6.73. The number of amides is 2. The Morgan fingerprint density at radius 2 is 1.57 bits per heavy atom. The average Bonchev–Trinajstić information content (AvgIpc) is 3.27. The van der Waals surface area contributed by atoms with Gasteiger partial charge in [0.05, 0.1) is 16.9 Å². The van der Waals surface area contributed by atoms with Crippen molar-refractivity contribution in [2.24, 2.45) is 0 Å². The van der Waals surface area contributed by atoms with Gasteiger partial charge in [0.2, 0.25) is 5.91 Å². The van der Waals surface area contributed by atoms with Crippen molar-refractivity contribution >= 4 is 33.4 Å². The summed E-state index contributed by atoms with van der Waals surface area (Å²) in [6.45, 7) is 0.977. The molecule has 2 aromatic carbocycles. The van der Waals surface area contributed by atoms with Crippen LogP contribution in [0.25, 0.3) is 0 Å². The lowest BCUT2D eigenvalue weighted by molar-refractivity contribution is -0.114. The van der Waals surface area contributed by atoms with Gasteiger partial charge in [-0.1, -0.05) is 30.3 Å². The third kappa shape index (κ3) is 4.80. The smallest absolute Gasteiger partial charge is 0.304 e. The highest BCUT2D eigenvalue weighted by Crippen LogP contribution is 2.22. The summed E-state index contributed by atoms with van der Waals surface area (Å²) in [5.41, 5.74) is 1.15. The molecule has 9 heteroatoms. The monoisotopic (exact) mass is 430 g/mol. The first kappa shape index (κ1) is 21.8. The number of anilines is 2. The van der Waals surface area contributed by atoms with E-state index in [4.69, 9.17) is 0 Å². The zero-order valence-electron chi connectivity index (χ0n) is 17.1. The summed E-state index contributed by atoms with van der Waals surface area (Å²) in [5, 5.41) is 2.72. The first-order valence-corrected chi connectivity index (χ1v) is 11.1. The summed E-state index contributed by atoms with van der Waals surface area (Å²) in [4.78, 5) is 27.4. The average molecular weight is 431 g/mol. The minimum Gasteiger partial charge on any atom is -0.339 e. The molecule has 1 aliphatic heterocycles. The van der Waals surface area contributed by atoms with Crippen LogP contribution in [0.1, 0.15) is 23.2 Å². The molecule has 0 aromatic heterocycles. The Labute approximate surface area is 177 Å². The van der Waals surface area contributed by atoms with Crippen molar-refractivity contribution in [2.75, 3.05) is 43.4 Å². The van der Waals surface area contributed by atoms with Crippen LogP contribution in [0.4, 0.5) is 11.4 Å². The largest absolute Gasteiger partial charge is 0.339 e. The maximum atomic E-state index is 12.8. The number of hydrogen-bond donors (Lipinski definition) is 1. The highest BCUT2D eigenvalue weighted by atomic mass is 32.2. The van der Waals surface area contributed by atoms with Crippen LogP contribution in [0.2, 0.25) is 0 Å². The van der Waals surface area contributed by atoms with E-state index in [2.05, 4.69) is 5.32 Å². The molecule has 0 bridgehead atoms. The maximum Gasteiger partial charge on any atom is 0.304 e. The van der Waals surface area contributed by atoms with Gasteiger partial charge in [-0.2, -0.15) is 12.7 Å². The summed E-state index contributed by atoms with van der Waals surface area (Å²) in [6.07, 6.45) is 1.93. The molecule has 0 spiro atoms. The van der Waals surface area contributed by atoms with Gasteiger partial charge in [-0.05, 0) is 37.1 Å². The molecule has 30 heavy (non-hydrogen) atoms. The molecular formula is C21H26N4O4S. The first-order chi connectivity index (χ1) is 14.3. The molecule has 160 valence electrons. The Morgan fingerprint density at radius 1 is 0.967 bits per heavy atom. The summed E-state index contributed by atoms with van der Waals surface area (Å²) >= 11 is 0. The number of nitrogens with zero attached hydrogens (tertiary/aromatic N) is 3. The van der Waals surface area contributed by atoms with Crippen LogP contribution in [0.3, 0.4) is 0 Å². The Hall–Kier alpha value is -2.91. The molecule has 0 unspecified atom stereocenters. The molecule has 1 heterocycles. The predicted molar refractivity (Wildman–Crippen MR) is 117 cm³/mol. The molecule has 0 atom stereocenters. The second kappa shape index (κ2) is 9.27. The lowest BCUT2D eigenvalue weighted by Crippen LogP contribution is -2.44. The van der Waals surface area contributed by atoms with Crippen LogP contribution in [-0.2, 0) is 15.0 Å². The van der Waals surface area contributed by atoms with Crippen LogP contribution in [0.5, 0.6) is 0 Å². The minimum absolute atomic E-state index is 0.135. The number of likely N-dealkylation sites (tertiary alicyclic amines) is 1. The molecule has 0 radical (unpaired) electrons. The van der Waals surface area contributed by atoms with E-state index in [0.29, 0.717) is 30.0 Å². The quantitative estimate of drug-likeness (QED) is 0.729. The van der Waals surface area contributed by atoms with Gasteiger partial charge in [0.25, 0.3) is 5.91 Å². The number of carbonyl (C=O) groups excluding carboxylic acids is 2.